The second-order valence-corrected chi connectivity index (χ2v) is 6.52. The highest BCUT2D eigenvalue weighted by atomic mass is 16.5. The molecule has 25 heavy (non-hydrogen) atoms. The summed E-state index contributed by atoms with van der Waals surface area (Å²) in [6.07, 6.45) is 4.16. The Labute approximate surface area is 149 Å². The van der Waals surface area contributed by atoms with Gasteiger partial charge in [0.05, 0.1) is 6.61 Å². The van der Waals surface area contributed by atoms with Crippen molar-refractivity contribution >= 4 is 11.6 Å². The van der Waals surface area contributed by atoms with Gasteiger partial charge in [0.2, 0.25) is 0 Å². The number of anilines is 1. The first-order valence-electron chi connectivity index (χ1n) is 8.83. The number of carbonyl (C=O) groups excluding carboxylic acids is 1. The number of amides is 1. The number of hydrogen-bond acceptors (Lipinski definition) is 3. The molecule has 2 aromatic carbocycles. The number of ether oxygens (including phenoxy) is 2. The van der Waals surface area contributed by atoms with Gasteiger partial charge in [0, 0.05) is 12.8 Å². The highest BCUT2D eigenvalue weighted by Gasteiger charge is 2.16. The largest absolute Gasteiger partial charge is 0.481 e. The summed E-state index contributed by atoms with van der Waals surface area (Å²) in [6, 6.07) is 13.8. The number of carbonyl (C=O) groups is 1. The van der Waals surface area contributed by atoms with Crippen molar-refractivity contribution in [2.75, 3.05) is 12.4 Å². The van der Waals surface area contributed by atoms with Crippen LogP contribution in [0.4, 0.5) is 5.69 Å². The predicted molar refractivity (Wildman–Crippen MR) is 99.0 cm³/mol. The average Bonchev–Trinajstić information content (AvgIpc) is 2.62. The Hall–Kier alpha value is -2.33. The van der Waals surface area contributed by atoms with Crippen molar-refractivity contribution in [3.8, 4) is 5.75 Å². The van der Waals surface area contributed by atoms with Crippen LogP contribution in [0.15, 0.2) is 42.5 Å². The Morgan fingerprint density at radius 3 is 2.72 bits per heavy atom. The predicted octanol–water partition coefficient (Wildman–Crippen LogP) is 4.12. The monoisotopic (exact) mass is 339 g/mol. The van der Waals surface area contributed by atoms with Gasteiger partial charge in [0.15, 0.2) is 6.10 Å². The van der Waals surface area contributed by atoms with Crippen molar-refractivity contribution in [3.63, 3.8) is 0 Å². The van der Waals surface area contributed by atoms with E-state index in [9.17, 15) is 4.79 Å². The van der Waals surface area contributed by atoms with Gasteiger partial charge in [-0.2, -0.15) is 0 Å². The third kappa shape index (κ3) is 4.60. The lowest BCUT2D eigenvalue weighted by Gasteiger charge is -2.19. The molecule has 1 aliphatic carbocycles. The lowest BCUT2D eigenvalue weighted by Crippen LogP contribution is -2.30. The van der Waals surface area contributed by atoms with Gasteiger partial charge in [-0.05, 0) is 73.6 Å². The lowest BCUT2D eigenvalue weighted by molar-refractivity contribution is -0.122. The molecular weight excluding hydrogens is 314 g/mol. The topological polar surface area (TPSA) is 47.6 Å². The summed E-state index contributed by atoms with van der Waals surface area (Å²) in [4.78, 5) is 12.4. The molecule has 2 aromatic rings. The fourth-order valence-electron chi connectivity index (χ4n) is 3.19. The summed E-state index contributed by atoms with van der Waals surface area (Å²) in [5.74, 6) is 0.601. The molecule has 4 heteroatoms. The summed E-state index contributed by atoms with van der Waals surface area (Å²) >= 11 is 0. The van der Waals surface area contributed by atoms with Crippen LogP contribution in [0.1, 0.15) is 36.5 Å². The van der Waals surface area contributed by atoms with Crippen molar-refractivity contribution in [1.29, 1.82) is 0 Å². The number of nitrogens with one attached hydrogen (secondary N) is 1. The molecule has 1 amide bonds. The van der Waals surface area contributed by atoms with Crippen LogP contribution >= 0.6 is 0 Å². The SMILES string of the molecule is COCc1cccc(NC(=O)[C@@H](C)Oc2ccc3c(c2)CCCC3)c1. The van der Waals surface area contributed by atoms with Gasteiger partial charge >= 0.3 is 0 Å². The highest BCUT2D eigenvalue weighted by Crippen LogP contribution is 2.26. The van der Waals surface area contributed by atoms with Crippen molar-refractivity contribution in [1.82, 2.24) is 0 Å². The van der Waals surface area contributed by atoms with Crippen molar-refractivity contribution in [3.05, 3.63) is 59.2 Å². The maximum Gasteiger partial charge on any atom is 0.265 e. The quantitative estimate of drug-likeness (QED) is 0.861. The van der Waals surface area contributed by atoms with Crippen molar-refractivity contribution in [2.45, 2.75) is 45.3 Å². The summed E-state index contributed by atoms with van der Waals surface area (Å²) in [7, 11) is 1.65. The number of aryl methyl sites for hydroxylation is 2. The highest BCUT2D eigenvalue weighted by molar-refractivity contribution is 5.94. The second-order valence-electron chi connectivity index (χ2n) is 6.52. The number of methoxy groups -OCH3 is 1. The molecule has 0 saturated carbocycles. The molecule has 0 heterocycles. The minimum absolute atomic E-state index is 0.160. The normalized spacial score (nSPS) is 14.5. The summed E-state index contributed by atoms with van der Waals surface area (Å²) in [5.41, 5.74) is 4.53. The molecule has 0 bridgehead atoms. The van der Waals surface area contributed by atoms with Gasteiger partial charge in [-0.15, -0.1) is 0 Å². The minimum atomic E-state index is -0.562. The third-order valence-corrected chi connectivity index (χ3v) is 4.51. The molecule has 4 nitrogen and oxygen atoms in total. The Morgan fingerprint density at radius 1 is 1.12 bits per heavy atom. The molecule has 0 unspecified atom stereocenters. The van der Waals surface area contributed by atoms with Crippen LogP contribution in [-0.4, -0.2) is 19.1 Å². The van der Waals surface area contributed by atoms with E-state index >= 15 is 0 Å². The van der Waals surface area contributed by atoms with Crippen molar-refractivity contribution < 1.29 is 14.3 Å². The van der Waals surface area contributed by atoms with E-state index in [4.69, 9.17) is 9.47 Å². The zero-order valence-electron chi connectivity index (χ0n) is 14.9. The number of hydrogen-bond donors (Lipinski definition) is 1. The van der Waals surface area contributed by atoms with E-state index in [1.807, 2.05) is 30.3 Å². The number of rotatable bonds is 6. The van der Waals surface area contributed by atoms with E-state index in [-0.39, 0.29) is 5.91 Å². The first-order valence-corrected chi connectivity index (χ1v) is 8.83. The zero-order chi connectivity index (χ0) is 17.6. The molecule has 132 valence electrons. The standard InChI is InChI=1S/C21H25NO3/c1-15(21(23)22-19-9-5-6-16(12-19)14-24-2)25-20-11-10-17-7-3-4-8-18(17)13-20/h5-6,9-13,15H,3-4,7-8,14H2,1-2H3,(H,22,23)/t15-/m1/s1. The smallest absolute Gasteiger partial charge is 0.265 e. The van der Waals surface area contributed by atoms with Crippen LogP contribution in [0, 0.1) is 0 Å². The average molecular weight is 339 g/mol. The van der Waals surface area contributed by atoms with Crippen LogP contribution in [0.2, 0.25) is 0 Å². The first-order chi connectivity index (χ1) is 12.2. The molecule has 3 rings (SSSR count). The Bertz CT molecular complexity index is 742. The van der Waals surface area contributed by atoms with Crippen LogP contribution in [0.5, 0.6) is 5.75 Å². The Morgan fingerprint density at radius 2 is 1.92 bits per heavy atom. The fourth-order valence-corrected chi connectivity index (χ4v) is 3.19. The van der Waals surface area contributed by atoms with Gasteiger partial charge in [0.1, 0.15) is 5.75 Å². The second kappa shape index (κ2) is 8.17. The van der Waals surface area contributed by atoms with E-state index in [1.54, 1.807) is 14.0 Å². The Balaban J connectivity index is 1.62. The van der Waals surface area contributed by atoms with E-state index in [1.165, 1.54) is 24.0 Å². The minimum Gasteiger partial charge on any atom is -0.481 e. The molecule has 1 N–H and O–H groups in total. The van der Waals surface area contributed by atoms with Gasteiger partial charge in [-0.25, -0.2) is 0 Å². The molecule has 0 radical (unpaired) electrons. The zero-order valence-corrected chi connectivity index (χ0v) is 14.9. The number of fused-ring (bicyclic) bond motifs is 1. The van der Waals surface area contributed by atoms with Gasteiger partial charge in [-0.1, -0.05) is 18.2 Å². The van der Waals surface area contributed by atoms with Crippen LogP contribution in [0.25, 0.3) is 0 Å². The fraction of sp³-hybridized carbons (Fsp3) is 0.381. The molecule has 1 atom stereocenters. The van der Waals surface area contributed by atoms with E-state index in [0.717, 1.165) is 29.8 Å². The molecule has 0 saturated heterocycles. The lowest BCUT2D eigenvalue weighted by atomic mass is 9.92. The first kappa shape index (κ1) is 17.5. The Kier molecular flexibility index (Phi) is 5.71. The van der Waals surface area contributed by atoms with Crippen LogP contribution < -0.4 is 10.1 Å². The summed E-state index contributed by atoms with van der Waals surface area (Å²) in [6.45, 7) is 2.29. The molecule has 0 aliphatic heterocycles. The van der Waals surface area contributed by atoms with E-state index in [0.29, 0.717) is 6.61 Å². The molecule has 1 aliphatic rings. The third-order valence-electron chi connectivity index (χ3n) is 4.51. The maximum atomic E-state index is 12.4. The maximum absolute atomic E-state index is 12.4. The van der Waals surface area contributed by atoms with Crippen LogP contribution in [0.3, 0.4) is 0 Å². The number of benzene rings is 2. The molecule has 0 aromatic heterocycles. The van der Waals surface area contributed by atoms with Gasteiger partial charge in [-0.3, -0.25) is 4.79 Å². The van der Waals surface area contributed by atoms with E-state index in [2.05, 4.69) is 17.4 Å². The molecule has 0 spiro atoms. The molecular formula is C21H25NO3. The van der Waals surface area contributed by atoms with Gasteiger partial charge in [0.25, 0.3) is 5.91 Å². The van der Waals surface area contributed by atoms with Crippen molar-refractivity contribution in [2.24, 2.45) is 0 Å². The summed E-state index contributed by atoms with van der Waals surface area (Å²) < 4.78 is 11.0. The van der Waals surface area contributed by atoms with Crippen LogP contribution in [-0.2, 0) is 29.0 Å². The van der Waals surface area contributed by atoms with E-state index < -0.39 is 6.10 Å². The molecule has 0 fully saturated rings. The van der Waals surface area contributed by atoms with Gasteiger partial charge < -0.3 is 14.8 Å². The summed E-state index contributed by atoms with van der Waals surface area (Å²) in [5, 5.41) is 2.90.